The Bertz CT molecular complexity index is 1350. The first-order valence-corrected chi connectivity index (χ1v) is 11.3. The molecule has 0 radical (unpaired) electrons. The highest BCUT2D eigenvalue weighted by molar-refractivity contribution is 5.71. The molecule has 2 aromatic carbocycles. The zero-order valence-electron chi connectivity index (χ0n) is 18.6. The predicted molar refractivity (Wildman–Crippen MR) is 126 cm³/mol. The molecule has 1 aromatic heterocycles. The van der Waals surface area contributed by atoms with Gasteiger partial charge in [-0.3, -0.25) is 4.79 Å². The molecule has 3 heterocycles. The largest absolute Gasteiger partial charge is 0.461 e. The van der Waals surface area contributed by atoms with E-state index in [4.69, 9.17) is 9.47 Å². The fraction of sp³-hybridized carbons (Fsp3) is 0.269. The molecule has 174 valence electrons. The molecule has 0 spiro atoms. The number of hydrogen-bond donors (Lipinski definition) is 0. The molecule has 0 saturated carbocycles. The molecule has 0 N–H and O–H groups in total. The number of rotatable bonds is 6. The Labute approximate surface area is 195 Å². The normalized spacial score (nSPS) is 19.4. The van der Waals surface area contributed by atoms with Gasteiger partial charge in [0.1, 0.15) is 6.61 Å². The molecular formula is C26H25N3O5. The molecular weight excluding hydrogens is 434 g/mol. The molecule has 34 heavy (non-hydrogen) atoms. The van der Waals surface area contributed by atoms with Crippen LogP contribution in [0, 0.1) is 0 Å². The maximum atomic E-state index is 13.2. The van der Waals surface area contributed by atoms with Gasteiger partial charge in [-0.15, -0.1) is 0 Å². The number of aromatic nitrogens is 3. The summed E-state index contributed by atoms with van der Waals surface area (Å²) in [6.07, 6.45) is 5.88. The second-order valence-corrected chi connectivity index (χ2v) is 8.32. The molecule has 1 fully saturated rings. The first kappa shape index (κ1) is 21.9. The van der Waals surface area contributed by atoms with Gasteiger partial charge >= 0.3 is 17.3 Å². The number of carbonyl (C=O) groups is 1. The monoisotopic (exact) mass is 459 g/mol. The number of fused-ring (bicyclic) bond motifs is 3. The summed E-state index contributed by atoms with van der Waals surface area (Å²) in [6.45, 7) is 0.939. The number of allylic oxidation sites excluding steroid dienone is 1. The van der Waals surface area contributed by atoms with Gasteiger partial charge in [-0.05, 0) is 23.3 Å². The number of nitrogens with zero attached hydrogens (tertiary/aromatic N) is 3. The highest BCUT2D eigenvalue weighted by Crippen LogP contribution is 2.31. The Morgan fingerprint density at radius 3 is 2.53 bits per heavy atom. The number of para-hydroxylation sites is 1. The summed E-state index contributed by atoms with van der Waals surface area (Å²) in [5, 5.41) is 0. The van der Waals surface area contributed by atoms with Gasteiger partial charge in [0, 0.05) is 6.42 Å². The first-order chi connectivity index (χ1) is 16.6. The van der Waals surface area contributed by atoms with Crippen molar-refractivity contribution < 1.29 is 14.3 Å². The highest BCUT2D eigenvalue weighted by atomic mass is 16.5. The van der Waals surface area contributed by atoms with Crippen molar-refractivity contribution in [2.75, 3.05) is 6.61 Å². The molecule has 2 atom stereocenters. The third-order valence-corrected chi connectivity index (χ3v) is 6.12. The van der Waals surface area contributed by atoms with Crippen molar-refractivity contribution >= 4 is 5.97 Å². The van der Waals surface area contributed by atoms with Gasteiger partial charge in [0.15, 0.2) is 0 Å². The lowest BCUT2D eigenvalue weighted by Gasteiger charge is -2.34. The van der Waals surface area contributed by atoms with Gasteiger partial charge in [-0.25, -0.2) is 23.5 Å². The van der Waals surface area contributed by atoms with E-state index in [0.29, 0.717) is 25.3 Å². The predicted octanol–water partition coefficient (Wildman–Crippen LogP) is 2.76. The molecule has 0 unspecified atom stereocenters. The molecule has 2 aliphatic heterocycles. The van der Waals surface area contributed by atoms with Crippen LogP contribution in [-0.4, -0.2) is 32.6 Å². The minimum Gasteiger partial charge on any atom is -0.461 e. The topological polar surface area (TPSA) is 84.5 Å². The van der Waals surface area contributed by atoms with E-state index in [9.17, 15) is 14.4 Å². The van der Waals surface area contributed by atoms with Gasteiger partial charge in [0.05, 0.1) is 37.4 Å². The van der Waals surface area contributed by atoms with Gasteiger partial charge in [0.25, 0.3) is 0 Å². The van der Waals surface area contributed by atoms with E-state index < -0.39 is 0 Å². The van der Waals surface area contributed by atoms with Crippen LogP contribution in [0.5, 0.6) is 0 Å². The van der Waals surface area contributed by atoms with Crippen molar-refractivity contribution in [2.45, 2.75) is 38.1 Å². The quantitative estimate of drug-likeness (QED) is 0.418. The Balaban J connectivity index is 1.27. The highest BCUT2D eigenvalue weighted by Gasteiger charge is 2.33. The van der Waals surface area contributed by atoms with Crippen LogP contribution in [0.4, 0.5) is 0 Å². The fourth-order valence-electron chi connectivity index (χ4n) is 4.40. The number of benzene rings is 2. The molecule has 8 heteroatoms. The number of ether oxygens (including phenoxy) is 2. The SMILES string of the molecule is O=C(C/C=C/[C@@H]1C[C@@H]2C(=CCn3c(=O)n(-c4ccccc4)c(=O)n32)CO1)OCc1ccccc1. The van der Waals surface area contributed by atoms with Crippen LogP contribution in [0.2, 0.25) is 0 Å². The van der Waals surface area contributed by atoms with Crippen LogP contribution < -0.4 is 11.4 Å². The van der Waals surface area contributed by atoms with Crippen LogP contribution >= 0.6 is 0 Å². The molecule has 3 aromatic rings. The molecule has 5 rings (SSSR count). The minimum atomic E-state index is -0.360. The maximum absolute atomic E-state index is 13.2. The zero-order valence-corrected chi connectivity index (χ0v) is 18.6. The fourth-order valence-corrected chi connectivity index (χ4v) is 4.40. The van der Waals surface area contributed by atoms with Crippen LogP contribution in [0.15, 0.2) is 94.1 Å². The third-order valence-electron chi connectivity index (χ3n) is 6.12. The lowest BCUT2D eigenvalue weighted by molar-refractivity contribution is -0.143. The minimum absolute atomic E-state index is 0.134. The standard InChI is InChI=1S/C26H25N3O5/c30-24(34-17-19-8-3-1-4-9-19)13-7-12-22-16-23-20(18-33-22)14-15-27-25(31)28(26(32)29(23)27)21-10-5-2-6-11-21/h1-12,14,22-23H,13,15-18H2/b12-7+/t22-,23-/m1/s1. The van der Waals surface area contributed by atoms with Crippen LogP contribution in [-0.2, 0) is 27.4 Å². The van der Waals surface area contributed by atoms with Gasteiger partial charge in [-0.2, -0.15) is 0 Å². The number of carbonyl (C=O) groups excluding carboxylic acids is 1. The van der Waals surface area contributed by atoms with Crippen molar-refractivity contribution in [3.05, 3.63) is 111 Å². The number of esters is 1. The lowest BCUT2D eigenvalue weighted by atomic mass is 9.96. The Kier molecular flexibility index (Phi) is 6.14. The Hall–Kier alpha value is -3.91. The maximum Gasteiger partial charge on any atom is 0.352 e. The summed E-state index contributed by atoms with van der Waals surface area (Å²) in [7, 11) is 0. The van der Waals surface area contributed by atoms with Gasteiger partial charge in [-0.1, -0.05) is 66.8 Å². The summed E-state index contributed by atoms with van der Waals surface area (Å²) in [4.78, 5) is 38.3. The van der Waals surface area contributed by atoms with Crippen LogP contribution in [0.3, 0.4) is 0 Å². The summed E-state index contributed by atoms with van der Waals surface area (Å²) in [6, 6.07) is 18.2. The second-order valence-electron chi connectivity index (χ2n) is 8.32. The van der Waals surface area contributed by atoms with Crippen molar-refractivity contribution in [1.29, 1.82) is 0 Å². The molecule has 8 nitrogen and oxygen atoms in total. The first-order valence-electron chi connectivity index (χ1n) is 11.3. The van der Waals surface area contributed by atoms with E-state index in [1.807, 2.05) is 48.6 Å². The summed E-state index contributed by atoms with van der Waals surface area (Å²) in [5.41, 5.74) is 1.75. The molecule has 0 amide bonds. The van der Waals surface area contributed by atoms with Gasteiger partial charge < -0.3 is 9.47 Å². The zero-order chi connectivity index (χ0) is 23.5. The van der Waals surface area contributed by atoms with E-state index in [1.54, 1.807) is 35.0 Å². The molecule has 2 aliphatic rings. The van der Waals surface area contributed by atoms with Crippen molar-refractivity contribution in [3.63, 3.8) is 0 Å². The summed E-state index contributed by atoms with van der Waals surface area (Å²) < 4.78 is 15.5. The van der Waals surface area contributed by atoms with E-state index >= 15 is 0 Å². The van der Waals surface area contributed by atoms with Crippen LogP contribution in [0.25, 0.3) is 5.69 Å². The van der Waals surface area contributed by atoms with E-state index in [0.717, 1.165) is 11.1 Å². The Morgan fingerprint density at radius 2 is 1.76 bits per heavy atom. The molecule has 0 aliphatic carbocycles. The average molecular weight is 460 g/mol. The molecule has 0 bridgehead atoms. The van der Waals surface area contributed by atoms with E-state index in [2.05, 4.69) is 0 Å². The average Bonchev–Trinajstić information content (AvgIpc) is 3.13. The molecule has 1 saturated heterocycles. The number of hydrogen-bond acceptors (Lipinski definition) is 5. The smallest absolute Gasteiger partial charge is 0.352 e. The van der Waals surface area contributed by atoms with E-state index in [1.165, 1.54) is 9.25 Å². The second kappa shape index (κ2) is 9.52. The Morgan fingerprint density at radius 1 is 1.03 bits per heavy atom. The van der Waals surface area contributed by atoms with Crippen molar-refractivity contribution in [3.8, 4) is 5.69 Å². The van der Waals surface area contributed by atoms with Crippen LogP contribution in [0.1, 0.15) is 24.4 Å². The van der Waals surface area contributed by atoms with Crippen molar-refractivity contribution in [2.24, 2.45) is 0 Å². The third kappa shape index (κ3) is 4.32. The summed E-state index contributed by atoms with van der Waals surface area (Å²) >= 11 is 0. The van der Waals surface area contributed by atoms with Gasteiger partial charge in [0.2, 0.25) is 0 Å². The summed E-state index contributed by atoms with van der Waals surface area (Å²) in [5.74, 6) is -0.320. The van der Waals surface area contributed by atoms with Crippen molar-refractivity contribution in [1.82, 2.24) is 13.9 Å². The van der Waals surface area contributed by atoms with E-state index in [-0.39, 0.29) is 42.5 Å². The lowest BCUT2D eigenvalue weighted by Crippen LogP contribution is -2.40.